The second kappa shape index (κ2) is 8.82. The number of hydrogen-bond donors (Lipinski definition) is 1. The zero-order chi connectivity index (χ0) is 13.3. The summed E-state index contributed by atoms with van der Waals surface area (Å²) in [4.78, 5) is 0. The predicted octanol–water partition coefficient (Wildman–Crippen LogP) is -0.130. The zero-order valence-corrected chi connectivity index (χ0v) is 11.9. The van der Waals surface area contributed by atoms with Crippen LogP contribution in [0.5, 0.6) is 0 Å². The molecule has 0 aromatic rings. The van der Waals surface area contributed by atoms with Gasteiger partial charge in [0.25, 0.3) is 10.2 Å². The van der Waals surface area contributed by atoms with Gasteiger partial charge >= 0.3 is 0 Å². The Balaban J connectivity index is 4.73. The van der Waals surface area contributed by atoms with Crippen molar-refractivity contribution in [2.75, 3.05) is 46.4 Å². The van der Waals surface area contributed by atoms with Crippen LogP contribution < -0.4 is 5.73 Å². The van der Waals surface area contributed by atoms with Gasteiger partial charge in [0, 0.05) is 33.3 Å². The van der Waals surface area contributed by atoms with E-state index in [0.717, 1.165) is 0 Å². The Kier molecular flexibility index (Phi) is 8.71. The average molecular weight is 267 g/mol. The van der Waals surface area contributed by atoms with Crippen molar-refractivity contribution in [3.05, 3.63) is 0 Å². The molecule has 6 nitrogen and oxygen atoms in total. The Morgan fingerprint density at radius 3 is 2.12 bits per heavy atom. The summed E-state index contributed by atoms with van der Waals surface area (Å²) in [5.74, 6) is 0. The summed E-state index contributed by atoms with van der Waals surface area (Å²) in [5, 5.41) is 0. The highest BCUT2D eigenvalue weighted by Gasteiger charge is 2.26. The fourth-order valence-electron chi connectivity index (χ4n) is 1.52. The molecule has 2 N–H and O–H groups in total. The molecule has 0 amide bonds. The van der Waals surface area contributed by atoms with Gasteiger partial charge in [0.05, 0.1) is 6.61 Å². The molecule has 0 bridgehead atoms. The van der Waals surface area contributed by atoms with Gasteiger partial charge in [0.1, 0.15) is 0 Å². The van der Waals surface area contributed by atoms with Crippen LogP contribution in [0.2, 0.25) is 0 Å². The molecule has 17 heavy (non-hydrogen) atoms. The third-order valence-corrected chi connectivity index (χ3v) is 4.70. The zero-order valence-electron chi connectivity index (χ0n) is 11.1. The second-order valence-electron chi connectivity index (χ2n) is 3.63. The molecule has 7 heteroatoms. The van der Waals surface area contributed by atoms with E-state index in [1.807, 2.05) is 13.8 Å². The summed E-state index contributed by atoms with van der Waals surface area (Å²) in [6.07, 6.45) is 0.657. The largest absolute Gasteiger partial charge is 0.383 e. The molecule has 0 aromatic carbocycles. The molecule has 0 unspecified atom stereocenters. The molecule has 0 heterocycles. The van der Waals surface area contributed by atoms with Crippen LogP contribution in [0.1, 0.15) is 20.3 Å². The van der Waals surface area contributed by atoms with E-state index in [4.69, 9.17) is 10.5 Å². The number of hydrogen-bond acceptors (Lipinski definition) is 4. The van der Waals surface area contributed by atoms with Gasteiger partial charge in [-0.1, -0.05) is 13.8 Å². The topological polar surface area (TPSA) is 75.9 Å². The Morgan fingerprint density at radius 1 is 1.12 bits per heavy atom. The Bertz CT molecular complexity index is 271. The van der Waals surface area contributed by atoms with Crippen LogP contribution >= 0.6 is 0 Å². The van der Waals surface area contributed by atoms with Crippen molar-refractivity contribution in [3.8, 4) is 0 Å². The fourth-order valence-corrected chi connectivity index (χ4v) is 3.16. The molecule has 0 spiro atoms. The summed E-state index contributed by atoms with van der Waals surface area (Å²) in [7, 11) is -1.82. The van der Waals surface area contributed by atoms with Crippen molar-refractivity contribution in [2.45, 2.75) is 20.3 Å². The summed E-state index contributed by atoms with van der Waals surface area (Å²) >= 11 is 0. The SMILES string of the molecule is CCN(CC)S(=O)(=O)N(CCCN)CCOC. The second-order valence-corrected chi connectivity index (χ2v) is 5.55. The van der Waals surface area contributed by atoms with Crippen LogP contribution in [0.15, 0.2) is 0 Å². The van der Waals surface area contributed by atoms with Crippen LogP contribution in [-0.2, 0) is 14.9 Å². The summed E-state index contributed by atoms with van der Waals surface area (Å²) < 4.78 is 32.3. The van der Waals surface area contributed by atoms with Crippen molar-refractivity contribution in [3.63, 3.8) is 0 Å². The third-order valence-electron chi connectivity index (χ3n) is 2.51. The number of nitrogens with zero attached hydrogens (tertiary/aromatic N) is 2. The lowest BCUT2D eigenvalue weighted by molar-refractivity contribution is 0.175. The lowest BCUT2D eigenvalue weighted by Gasteiger charge is -2.28. The molecule has 0 radical (unpaired) electrons. The highest BCUT2D eigenvalue weighted by molar-refractivity contribution is 7.86. The highest BCUT2D eigenvalue weighted by Crippen LogP contribution is 2.08. The molecule has 0 atom stereocenters. The smallest absolute Gasteiger partial charge is 0.282 e. The minimum atomic E-state index is -3.38. The van der Waals surface area contributed by atoms with Gasteiger partial charge in [-0.3, -0.25) is 0 Å². The molecule has 0 fully saturated rings. The van der Waals surface area contributed by atoms with Crippen molar-refractivity contribution in [2.24, 2.45) is 5.73 Å². The van der Waals surface area contributed by atoms with E-state index < -0.39 is 10.2 Å². The lowest BCUT2D eigenvalue weighted by Crippen LogP contribution is -2.45. The van der Waals surface area contributed by atoms with E-state index in [-0.39, 0.29) is 0 Å². The van der Waals surface area contributed by atoms with Gasteiger partial charge in [0.2, 0.25) is 0 Å². The van der Waals surface area contributed by atoms with Crippen LogP contribution in [0, 0.1) is 0 Å². The standard InChI is InChI=1S/C10H25N3O3S/c1-4-12(5-2)17(14,15)13(8-6-7-11)9-10-16-3/h4-11H2,1-3H3. The molecule has 0 rings (SSSR count). The number of methoxy groups -OCH3 is 1. The summed E-state index contributed by atoms with van der Waals surface area (Å²) in [6, 6.07) is 0. The van der Waals surface area contributed by atoms with Crippen molar-refractivity contribution >= 4 is 10.2 Å². The van der Waals surface area contributed by atoms with E-state index in [2.05, 4.69) is 0 Å². The van der Waals surface area contributed by atoms with Gasteiger partial charge in [-0.25, -0.2) is 0 Å². The quantitative estimate of drug-likeness (QED) is 0.598. The van der Waals surface area contributed by atoms with Crippen molar-refractivity contribution < 1.29 is 13.2 Å². The van der Waals surface area contributed by atoms with Crippen LogP contribution in [0.4, 0.5) is 0 Å². The first kappa shape index (κ1) is 16.8. The van der Waals surface area contributed by atoms with Crippen LogP contribution in [0.25, 0.3) is 0 Å². The lowest BCUT2D eigenvalue weighted by atomic mass is 10.4. The Morgan fingerprint density at radius 2 is 1.71 bits per heavy atom. The first-order valence-electron chi connectivity index (χ1n) is 5.98. The fraction of sp³-hybridized carbons (Fsp3) is 1.00. The molecule has 0 saturated heterocycles. The number of rotatable bonds is 10. The summed E-state index contributed by atoms with van der Waals surface area (Å²) in [5.41, 5.74) is 5.42. The van der Waals surface area contributed by atoms with E-state index in [1.54, 1.807) is 7.11 Å². The maximum Gasteiger partial charge on any atom is 0.282 e. The maximum atomic E-state index is 12.3. The summed E-state index contributed by atoms with van der Waals surface area (Å²) in [6.45, 7) is 6.31. The minimum absolute atomic E-state index is 0.370. The number of ether oxygens (including phenoxy) is 1. The molecular weight excluding hydrogens is 242 g/mol. The molecule has 0 aliphatic heterocycles. The van der Waals surface area contributed by atoms with Crippen LogP contribution in [0.3, 0.4) is 0 Å². The number of nitrogens with two attached hydrogens (primary N) is 1. The first-order chi connectivity index (χ1) is 8.04. The van der Waals surface area contributed by atoms with Gasteiger partial charge < -0.3 is 10.5 Å². The first-order valence-corrected chi connectivity index (χ1v) is 7.38. The highest BCUT2D eigenvalue weighted by atomic mass is 32.2. The molecule has 0 saturated carbocycles. The van der Waals surface area contributed by atoms with Gasteiger partial charge in [-0.05, 0) is 13.0 Å². The van der Waals surface area contributed by atoms with Crippen molar-refractivity contribution in [1.29, 1.82) is 0 Å². The minimum Gasteiger partial charge on any atom is -0.383 e. The molecule has 104 valence electrons. The van der Waals surface area contributed by atoms with E-state index >= 15 is 0 Å². The van der Waals surface area contributed by atoms with Crippen molar-refractivity contribution in [1.82, 2.24) is 8.61 Å². The third kappa shape index (κ3) is 5.31. The van der Waals surface area contributed by atoms with Gasteiger partial charge in [0.15, 0.2) is 0 Å². The molecular formula is C10H25N3O3S. The van der Waals surface area contributed by atoms with Gasteiger partial charge in [-0.2, -0.15) is 17.0 Å². The maximum absolute atomic E-state index is 12.3. The van der Waals surface area contributed by atoms with E-state index in [9.17, 15) is 8.42 Å². The van der Waals surface area contributed by atoms with E-state index in [0.29, 0.717) is 45.8 Å². The predicted molar refractivity (Wildman–Crippen MR) is 69.0 cm³/mol. The average Bonchev–Trinajstić information content (AvgIpc) is 2.30. The van der Waals surface area contributed by atoms with Crippen LogP contribution in [-0.4, -0.2) is 63.5 Å². The van der Waals surface area contributed by atoms with Gasteiger partial charge in [-0.15, -0.1) is 0 Å². The Labute approximate surface area is 105 Å². The molecule has 0 aliphatic carbocycles. The normalized spacial score (nSPS) is 12.6. The molecule has 0 aliphatic rings. The monoisotopic (exact) mass is 267 g/mol. The van der Waals surface area contributed by atoms with E-state index in [1.165, 1.54) is 8.61 Å². The molecule has 0 aromatic heterocycles. The Hall–Kier alpha value is -0.210.